The van der Waals surface area contributed by atoms with Crippen LogP contribution in [0, 0.1) is 46.2 Å². The average molecular weight is 532 g/mol. The van der Waals surface area contributed by atoms with Gasteiger partial charge in [0.15, 0.2) is 11.6 Å². The number of Topliss-reactive ketones (excluding diaryl/α,β-unsaturated/α-hetero) is 1. The number of hydrogen-bond acceptors (Lipinski definition) is 5. The van der Waals surface area contributed by atoms with Gasteiger partial charge in [0.25, 0.3) is 0 Å². The van der Waals surface area contributed by atoms with E-state index < -0.39 is 11.4 Å². The summed E-state index contributed by atoms with van der Waals surface area (Å²) < 4.78 is 21.8. The zero-order valence-corrected chi connectivity index (χ0v) is 22.9. The van der Waals surface area contributed by atoms with Crippen LogP contribution in [0.15, 0.2) is 12.1 Å². The number of carbonyl (C=O) groups is 1. The maximum Gasteiger partial charge on any atom is 0.171 e. The van der Waals surface area contributed by atoms with E-state index in [1.807, 2.05) is 14.0 Å². The molecule has 0 saturated heterocycles. The minimum absolute atomic E-state index is 0.0105. The Labute approximate surface area is 223 Å². The number of halogens is 2. The molecule has 8 atom stereocenters. The van der Waals surface area contributed by atoms with Crippen molar-refractivity contribution in [3.05, 3.63) is 23.0 Å². The molecule has 202 valence electrons. The van der Waals surface area contributed by atoms with Crippen molar-refractivity contribution in [1.82, 2.24) is 15.0 Å². The van der Waals surface area contributed by atoms with Crippen molar-refractivity contribution in [2.45, 2.75) is 83.8 Å². The van der Waals surface area contributed by atoms with Gasteiger partial charge in [0, 0.05) is 13.0 Å². The first-order valence-electron chi connectivity index (χ1n) is 14.0. The quantitative estimate of drug-likeness (QED) is 0.525. The minimum atomic E-state index is -0.589. The van der Waals surface area contributed by atoms with Gasteiger partial charge in [-0.1, -0.05) is 23.7 Å². The molecule has 6 rings (SSSR count). The fourth-order valence-corrected chi connectivity index (χ4v) is 9.82. The summed E-state index contributed by atoms with van der Waals surface area (Å²) in [5.41, 5.74) is 0.177. The molecular formula is C29H39ClFN3O3. The lowest BCUT2D eigenvalue weighted by Crippen LogP contribution is -2.58. The fourth-order valence-electron chi connectivity index (χ4n) is 9.67. The number of hydrogen-bond donors (Lipinski definition) is 1. The Hall–Kier alpha value is -1.57. The van der Waals surface area contributed by atoms with E-state index in [2.05, 4.69) is 17.2 Å². The number of methoxy groups -OCH3 is 1. The largest absolute Gasteiger partial charge is 0.390 e. The topological polar surface area (TPSA) is 77.2 Å². The molecule has 0 unspecified atom stereocenters. The normalized spacial score (nSPS) is 41.3. The number of ketones is 1. The first-order valence-corrected chi connectivity index (χ1v) is 14.4. The molecule has 0 amide bonds. The van der Waals surface area contributed by atoms with Crippen molar-refractivity contribution in [3.63, 3.8) is 0 Å². The summed E-state index contributed by atoms with van der Waals surface area (Å²) in [6.07, 6.45) is 9.25. The van der Waals surface area contributed by atoms with Crippen LogP contribution in [-0.4, -0.2) is 45.2 Å². The summed E-state index contributed by atoms with van der Waals surface area (Å²) in [5, 5.41) is 18.9. The third-order valence-electron chi connectivity index (χ3n) is 11.3. The Morgan fingerprint density at radius 3 is 2.76 bits per heavy atom. The van der Waals surface area contributed by atoms with Gasteiger partial charge in [-0.3, -0.25) is 4.79 Å². The van der Waals surface area contributed by atoms with Crippen LogP contribution in [0.5, 0.6) is 0 Å². The van der Waals surface area contributed by atoms with Gasteiger partial charge >= 0.3 is 0 Å². The average Bonchev–Trinajstić information content (AvgIpc) is 3.42. The molecule has 8 heteroatoms. The van der Waals surface area contributed by atoms with E-state index in [1.165, 1.54) is 17.2 Å². The molecule has 4 fully saturated rings. The van der Waals surface area contributed by atoms with Gasteiger partial charge in [-0.05, 0) is 111 Å². The first kappa shape index (κ1) is 25.7. The van der Waals surface area contributed by atoms with Gasteiger partial charge < -0.3 is 9.84 Å². The van der Waals surface area contributed by atoms with Crippen molar-refractivity contribution in [2.24, 2.45) is 40.4 Å². The molecule has 37 heavy (non-hydrogen) atoms. The third-order valence-corrected chi connectivity index (χ3v) is 11.6. The molecule has 4 aliphatic carbocycles. The second kappa shape index (κ2) is 8.99. The summed E-state index contributed by atoms with van der Waals surface area (Å²) in [5.74, 6) is 1.82. The van der Waals surface area contributed by atoms with Crippen LogP contribution in [0.2, 0.25) is 5.02 Å². The highest BCUT2D eigenvalue weighted by molar-refractivity contribution is 6.31. The second-order valence-corrected chi connectivity index (χ2v) is 13.5. The highest BCUT2D eigenvalue weighted by atomic mass is 35.5. The second-order valence-electron chi connectivity index (χ2n) is 13.1. The molecule has 4 saturated carbocycles. The van der Waals surface area contributed by atoms with E-state index in [9.17, 15) is 14.3 Å². The van der Waals surface area contributed by atoms with Crippen molar-refractivity contribution in [2.75, 3.05) is 13.7 Å². The zero-order valence-electron chi connectivity index (χ0n) is 22.2. The number of fused-ring (bicyclic) bond motifs is 6. The Bertz CT molecular complexity index is 1220. The molecule has 0 radical (unpaired) electrons. The van der Waals surface area contributed by atoms with Crippen LogP contribution < -0.4 is 0 Å². The number of carbonyl (C=O) groups excluding carboxylic acids is 1. The third kappa shape index (κ3) is 3.89. The van der Waals surface area contributed by atoms with Crippen LogP contribution in [0.4, 0.5) is 4.39 Å². The number of benzene rings is 1. The van der Waals surface area contributed by atoms with E-state index in [0.717, 1.165) is 58.0 Å². The predicted molar refractivity (Wildman–Crippen MR) is 140 cm³/mol. The summed E-state index contributed by atoms with van der Waals surface area (Å²) in [4.78, 5) is 13.7. The monoisotopic (exact) mass is 531 g/mol. The molecule has 1 aromatic heterocycles. The first-order chi connectivity index (χ1) is 17.6. The summed E-state index contributed by atoms with van der Waals surface area (Å²) >= 11 is 5.90. The molecule has 1 N–H and O–H groups in total. The van der Waals surface area contributed by atoms with E-state index in [-0.39, 0.29) is 39.6 Å². The Kier molecular flexibility index (Phi) is 6.24. The van der Waals surface area contributed by atoms with Gasteiger partial charge in [-0.2, -0.15) is 0 Å². The molecule has 4 aliphatic rings. The maximum atomic E-state index is 14.4. The van der Waals surface area contributed by atoms with E-state index in [1.54, 1.807) is 6.07 Å². The Morgan fingerprint density at radius 2 is 1.97 bits per heavy atom. The number of aliphatic hydroxyl groups is 1. The highest BCUT2D eigenvalue weighted by Crippen LogP contribution is 2.68. The van der Waals surface area contributed by atoms with E-state index in [4.69, 9.17) is 16.3 Å². The van der Waals surface area contributed by atoms with Crippen LogP contribution in [-0.2, 0) is 16.1 Å². The molecular weight excluding hydrogens is 493 g/mol. The van der Waals surface area contributed by atoms with Gasteiger partial charge in [0.05, 0.1) is 22.7 Å². The molecule has 1 heterocycles. The number of nitrogens with zero attached hydrogens (tertiary/aromatic N) is 3. The fraction of sp³-hybridized carbons (Fsp3) is 0.759. The molecule has 0 spiro atoms. The predicted octanol–water partition coefficient (Wildman–Crippen LogP) is 5.83. The van der Waals surface area contributed by atoms with Crippen LogP contribution in [0.3, 0.4) is 0 Å². The maximum absolute atomic E-state index is 14.4. The summed E-state index contributed by atoms with van der Waals surface area (Å²) in [6.45, 7) is 5.25. The summed E-state index contributed by atoms with van der Waals surface area (Å²) in [6, 6.07) is 3.18. The highest BCUT2D eigenvalue weighted by Gasteiger charge is 2.63. The van der Waals surface area contributed by atoms with Crippen molar-refractivity contribution in [1.29, 1.82) is 0 Å². The minimum Gasteiger partial charge on any atom is -0.390 e. The van der Waals surface area contributed by atoms with Gasteiger partial charge in [-0.15, -0.1) is 5.10 Å². The molecule has 0 aliphatic heterocycles. The lowest BCUT2D eigenvalue weighted by molar-refractivity contribution is -0.175. The number of aromatic nitrogens is 3. The Morgan fingerprint density at radius 1 is 1.16 bits per heavy atom. The van der Waals surface area contributed by atoms with Gasteiger partial charge in [-0.25, -0.2) is 9.07 Å². The molecule has 2 aromatic rings. The number of ether oxygens (including phenoxy) is 1. The van der Waals surface area contributed by atoms with Crippen molar-refractivity contribution < 1.29 is 19.0 Å². The van der Waals surface area contributed by atoms with E-state index >= 15 is 0 Å². The summed E-state index contributed by atoms with van der Waals surface area (Å²) in [7, 11) is 1.83. The van der Waals surface area contributed by atoms with Crippen LogP contribution in [0.1, 0.15) is 71.6 Å². The lowest BCUT2D eigenvalue weighted by Gasteiger charge is -2.62. The van der Waals surface area contributed by atoms with Crippen molar-refractivity contribution >= 4 is 28.4 Å². The molecule has 1 aromatic carbocycles. The van der Waals surface area contributed by atoms with Gasteiger partial charge in [0.2, 0.25) is 0 Å². The molecule has 0 bridgehead atoms. The van der Waals surface area contributed by atoms with Crippen molar-refractivity contribution in [3.8, 4) is 0 Å². The van der Waals surface area contributed by atoms with Crippen LogP contribution >= 0.6 is 11.6 Å². The lowest BCUT2D eigenvalue weighted by atomic mass is 9.43. The molecule has 6 nitrogen and oxygen atoms in total. The Balaban J connectivity index is 1.24. The van der Waals surface area contributed by atoms with Gasteiger partial charge in [0.1, 0.15) is 12.1 Å². The SMILES string of the molecule is COC[C@]12CC[C@@](C)(O)C[C@H]1CC[C@H]1[C@@H]3CC[C@H](C(=O)Cn4nnc5c(F)c(Cl)ccc54)[C@@]3(C)CC[C@@H]12. The van der Waals surface area contributed by atoms with Crippen LogP contribution in [0.25, 0.3) is 11.0 Å². The zero-order chi connectivity index (χ0) is 26.2. The number of rotatable bonds is 5. The standard InChI is InChI=1S/C29H39ClFN3O3/c1-27(36)12-13-29(16-37-3)17(14-27)4-5-18-19-6-7-21(28(19,2)11-10-20(18)29)24(35)15-34-23-9-8-22(30)25(31)26(23)32-33-34/h8-9,17-21,36H,4-7,10-16H2,1-3H3/t17-,18+,19+,20+,21-,27-,28+,29-/m1/s1. The van der Waals surface area contributed by atoms with E-state index in [0.29, 0.717) is 29.2 Å². The smallest absolute Gasteiger partial charge is 0.171 e.